The molecule has 4 aromatic rings. The molecule has 0 N–H and O–H groups in total. The molecular formula is C26H26N4O3S. The number of benzene rings is 2. The number of aromatic nitrogens is 4. The maximum absolute atomic E-state index is 13.1. The summed E-state index contributed by atoms with van der Waals surface area (Å²) in [5.41, 5.74) is 4.97. The number of hydrogen-bond acceptors (Lipinski definition) is 6. The molecule has 0 bridgehead atoms. The van der Waals surface area contributed by atoms with Crippen molar-refractivity contribution in [3.05, 3.63) is 82.9 Å². The van der Waals surface area contributed by atoms with Gasteiger partial charge in [-0.15, -0.1) is 10.2 Å². The second-order valence-electron chi connectivity index (χ2n) is 8.43. The van der Waals surface area contributed by atoms with Gasteiger partial charge >= 0.3 is 0 Å². The Morgan fingerprint density at radius 1 is 1.06 bits per heavy atom. The highest BCUT2D eigenvalue weighted by molar-refractivity contribution is 7.99. The molecule has 0 saturated carbocycles. The van der Waals surface area contributed by atoms with E-state index in [0.29, 0.717) is 23.3 Å². The third-order valence-electron chi connectivity index (χ3n) is 6.02. The van der Waals surface area contributed by atoms with Crippen LogP contribution in [0.3, 0.4) is 0 Å². The predicted octanol–water partition coefficient (Wildman–Crippen LogP) is 5.02. The largest absolute Gasteiger partial charge is 0.485 e. The number of carbonyl (C=O) groups is 1. The number of para-hydroxylation sites is 2. The maximum atomic E-state index is 13.1. The van der Waals surface area contributed by atoms with Crippen LogP contribution in [0.4, 0.5) is 0 Å². The van der Waals surface area contributed by atoms with Crippen molar-refractivity contribution in [1.82, 2.24) is 19.3 Å². The lowest BCUT2D eigenvalue weighted by Gasteiger charge is -2.25. The van der Waals surface area contributed by atoms with Crippen molar-refractivity contribution in [2.24, 2.45) is 7.05 Å². The van der Waals surface area contributed by atoms with Gasteiger partial charge in [-0.05, 0) is 51.1 Å². The Hall–Kier alpha value is -3.52. The molecule has 2 aromatic carbocycles. The zero-order chi connectivity index (χ0) is 23.8. The molecule has 0 radical (unpaired) electrons. The molecule has 1 atom stereocenters. The number of Topliss-reactive ketones (excluding diaryl/α,β-unsaturated/α-hetero) is 1. The first-order chi connectivity index (χ1) is 16.4. The summed E-state index contributed by atoms with van der Waals surface area (Å²) in [6, 6.07) is 17.9. The van der Waals surface area contributed by atoms with Crippen LogP contribution in [0.1, 0.15) is 39.2 Å². The lowest BCUT2D eigenvalue weighted by Crippen LogP contribution is -2.24. The fraction of sp³-hybridized carbons (Fsp3) is 0.269. The monoisotopic (exact) mass is 474 g/mol. The van der Waals surface area contributed by atoms with E-state index in [4.69, 9.17) is 9.47 Å². The van der Waals surface area contributed by atoms with E-state index in [1.54, 1.807) is 0 Å². The Morgan fingerprint density at radius 3 is 2.56 bits per heavy atom. The Morgan fingerprint density at radius 2 is 1.79 bits per heavy atom. The standard InChI is InChI=1S/C26H26N4O3S/c1-16-9-11-19(12-10-16)30-17(2)13-20(18(30)3)21(31)15-34-26-28-27-25(29(26)4)24-14-32-22-7-5-6-8-23(22)33-24/h5-13,24H,14-15H2,1-4H3. The van der Waals surface area contributed by atoms with Crippen molar-refractivity contribution in [3.8, 4) is 17.2 Å². The zero-order valence-electron chi connectivity index (χ0n) is 19.6. The van der Waals surface area contributed by atoms with E-state index in [0.717, 1.165) is 28.4 Å². The first-order valence-electron chi connectivity index (χ1n) is 11.1. The third kappa shape index (κ3) is 4.09. The van der Waals surface area contributed by atoms with Gasteiger partial charge in [0.25, 0.3) is 0 Å². The molecule has 0 aliphatic carbocycles. The van der Waals surface area contributed by atoms with Crippen molar-refractivity contribution in [1.29, 1.82) is 0 Å². The van der Waals surface area contributed by atoms with E-state index in [1.807, 2.05) is 55.8 Å². The van der Waals surface area contributed by atoms with Crippen molar-refractivity contribution in [3.63, 3.8) is 0 Å². The maximum Gasteiger partial charge on any atom is 0.192 e. The lowest BCUT2D eigenvalue weighted by molar-refractivity contribution is 0.0825. The quantitative estimate of drug-likeness (QED) is 0.289. The van der Waals surface area contributed by atoms with Crippen LogP contribution < -0.4 is 9.47 Å². The summed E-state index contributed by atoms with van der Waals surface area (Å²) in [4.78, 5) is 13.1. The average Bonchev–Trinajstić information content (AvgIpc) is 3.36. The molecule has 34 heavy (non-hydrogen) atoms. The molecule has 174 valence electrons. The summed E-state index contributed by atoms with van der Waals surface area (Å²) < 4.78 is 15.9. The van der Waals surface area contributed by atoms with Gasteiger partial charge in [0.2, 0.25) is 0 Å². The third-order valence-corrected chi connectivity index (χ3v) is 7.04. The van der Waals surface area contributed by atoms with E-state index in [9.17, 15) is 4.79 Å². The number of aryl methyl sites for hydroxylation is 2. The molecule has 1 aliphatic rings. The van der Waals surface area contributed by atoms with E-state index in [-0.39, 0.29) is 17.6 Å². The summed E-state index contributed by atoms with van der Waals surface area (Å²) >= 11 is 1.38. The van der Waals surface area contributed by atoms with Crippen LogP contribution in [-0.2, 0) is 7.05 Å². The van der Waals surface area contributed by atoms with Crippen molar-refractivity contribution < 1.29 is 14.3 Å². The molecule has 1 unspecified atom stereocenters. The SMILES string of the molecule is Cc1ccc(-n2c(C)cc(C(=O)CSc3nnc(C4COc5ccccc5O4)n3C)c2C)cc1. The Bertz CT molecular complexity index is 1360. The number of ketones is 1. The van der Waals surface area contributed by atoms with Gasteiger partial charge in [0.15, 0.2) is 34.4 Å². The molecule has 0 fully saturated rings. The van der Waals surface area contributed by atoms with Crippen molar-refractivity contribution >= 4 is 17.5 Å². The van der Waals surface area contributed by atoms with Gasteiger partial charge in [-0.2, -0.15) is 0 Å². The zero-order valence-corrected chi connectivity index (χ0v) is 20.4. The first kappa shape index (κ1) is 22.3. The van der Waals surface area contributed by atoms with E-state index in [1.165, 1.54) is 17.3 Å². The summed E-state index contributed by atoms with van der Waals surface area (Å²) in [7, 11) is 1.88. The molecule has 5 rings (SSSR count). The van der Waals surface area contributed by atoms with Crippen LogP contribution >= 0.6 is 11.8 Å². The first-order valence-corrected chi connectivity index (χ1v) is 12.1. The van der Waals surface area contributed by atoms with Crippen LogP contribution in [0.25, 0.3) is 5.69 Å². The highest BCUT2D eigenvalue weighted by atomic mass is 32.2. The highest BCUT2D eigenvalue weighted by Crippen LogP contribution is 2.36. The van der Waals surface area contributed by atoms with Crippen molar-refractivity contribution in [2.75, 3.05) is 12.4 Å². The molecule has 7 nitrogen and oxygen atoms in total. The minimum atomic E-state index is -0.356. The Balaban J connectivity index is 1.29. The van der Waals surface area contributed by atoms with Crippen LogP contribution in [0.5, 0.6) is 11.5 Å². The summed E-state index contributed by atoms with van der Waals surface area (Å²) in [6.45, 7) is 6.44. The summed E-state index contributed by atoms with van der Waals surface area (Å²) in [5.74, 6) is 2.42. The molecule has 0 amide bonds. The molecule has 8 heteroatoms. The van der Waals surface area contributed by atoms with Gasteiger partial charge < -0.3 is 18.6 Å². The normalized spacial score (nSPS) is 14.9. The Kier molecular flexibility index (Phi) is 5.91. The topological polar surface area (TPSA) is 71.2 Å². The number of nitrogens with zero attached hydrogens (tertiary/aromatic N) is 4. The molecule has 2 aromatic heterocycles. The Labute approximate surface area is 202 Å². The van der Waals surface area contributed by atoms with E-state index in [2.05, 4.69) is 46.0 Å². The molecule has 0 spiro atoms. The predicted molar refractivity (Wildman–Crippen MR) is 131 cm³/mol. The number of hydrogen-bond donors (Lipinski definition) is 0. The summed E-state index contributed by atoms with van der Waals surface area (Å²) in [6.07, 6.45) is -0.356. The van der Waals surface area contributed by atoms with Crippen LogP contribution in [-0.4, -0.2) is 37.5 Å². The highest BCUT2D eigenvalue weighted by Gasteiger charge is 2.28. The summed E-state index contributed by atoms with van der Waals surface area (Å²) in [5, 5.41) is 9.28. The number of carbonyl (C=O) groups excluding carboxylic acids is 1. The van der Waals surface area contributed by atoms with Crippen LogP contribution in [0.2, 0.25) is 0 Å². The van der Waals surface area contributed by atoms with Crippen LogP contribution in [0.15, 0.2) is 59.8 Å². The number of thioether (sulfide) groups is 1. The molecular weight excluding hydrogens is 448 g/mol. The second-order valence-corrected chi connectivity index (χ2v) is 9.37. The average molecular weight is 475 g/mol. The fourth-order valence-electron chi connectivity index (χ4n) is 4.22. The van der Waals surface area contributed by atoms with E-state index < -0.39 is 0 Å². The molecule has 0 saturated heterocycles. The number of fused-ring (bicyclic) bond motifs is 1. The molecule has 3 heterocycles. The van der Waals surface area contributed by atoms with Gasteiger partial charge in [0.1, 0.15) is 6.61 Å². The van der Waals surface area contributed by atoms with Gasteiger partial charge in [-0.25, -0.2) is 0 Å². The van der Waals surface area contributed by atoms with E-state index >= 15 is 0 Å². The number of ether oxygens (including phenoxy) is 2. The van der Waals surface area contributed by atoms with Gasteiger partial charge in [0.05, 0.1) is 5.75 Å². The lowest BCUT2D eigenvalue weighted by atomic mass is 10.2. The minimum absolute atomic E-state index is 0.0622. The van der Waals surface area contributed by atoms with Crippen LogP contribution in [0, 0.1) is 20.8 Å². The van der Waals surface area contributed by atoms with Gasteiger partial charge in [0, 0.05) is 29.7 Å². The fourth-order valence-corrected chi connectivity index (χ4v) is 5.02. The second kappa shape index (κ2) is 9.02. The number of rotatable bonds is 6. The van der Waals surface area contributed by atoms with Gasteiger partial charge in [-0.3, -0.25) is 4.79 Å². The van der Waals surface area contributed by atoms with Crippen molar-refractivity contribution in [2.45, 2.75) is 32.0 Å². The molecule has 1 aliphatic heterocycles. The minimum Gasteiger partial charge on any atom is -0.485 e. The van der Waals surface area contributed by atoms with Gasteiger partial charge in [-0.1, -0.05) is 41.6 Å². The smallest absolute Gasteiger partial charge is 0.192 e.